The van der Waals surface area contributed by atoms with Gasteiger partial charge in [0.15, 0.2) is 0 Å². The second-order valence-electron chi connectivity index (χ2n) is 4.18. The minimum absolute atomic E-state index is 0.321. The van der Waals surface area contributed by atoms with Crippen molar-refractivity contribution in [2.75, 3.05) is 7.05 Å². The molecule has 5 heteroatoms. The molecule has 2 aromatic rings. The Balaban J connectivity index is 2.48. The number of aryl methyl sites for hydroxylation is 3. The van der Waals surface area contributed by atoms with Crippen molar-refractivity contribution >= 4 is 11.3 Å². The predicted octanol–water partition coefficient (Wildman–Crippen LogP) is 3.00. The van der Waals surface area contributed by atoms with Crippen molar-refractivity contribution in [3.8, 4) is 10.6 Å². The molecule has 4 nitrogen and oxygen atoms in total. The van der Waals surface area contributed by atoms with E-state index in [9.17, 15) is 0 Å². The fourth-order valence-corrected chi connectivity index (χ4v) is 3.11. The normalized spacial score (nSPS) is 13.0. The van der Waals surface area contributed by atoms with Crippen LogP contribution >= 0.6 is 11.3 Å². The summed E-state index contributed by atoms with van der Waals surface area (Å²) in [6.07, 6.45) is 0. The molecule has 92 valence electrons. The molecule has 0 spiro atoms. The highest BCUT2D eigenvalue weighted by atomic mass is 32.1. The maximum atomic E-state index is 5.19. The van der Waals surface area contributed by atoms with Gasteiger partial charge < -0.3 is 9.84 Å². The van der Waals surface area contributed by atoms with Crippen molar-refractivity contribution in [1.82, 2.24) is 15.5 Å². The summed E-state index contributed by atoms with van der Waals surface area (Å²) >= 11 is 1.70. The van der Waals surface area contributed by atoms with Gasteiger partial charge in [0.1, 0.15) is 10.8 Å². The fraction of sp³-hybridized carbons (Fsp3) is 0.500. The molecule has 0 aliphatic carbocycles. The first kappa shape index (κ1) is 12.3. The summed E-state index contributed by atoms with van der Waals surface area (Å²) in [4.78, 5) is 5.89. The van der Waals surface area contributed by atoms with E-state index in [1.54, 1.807) is 11.3 Å². The molecule has 1 N–H and O–H groups in total. The van der Waals surface area contributed by atoms with Crippen molar-refractivity contribution in [1.29, 1.82) is 0 Å². The highest BCUT2D eigenvalue weighted by molar-refractivity contribution is 7.15. The van der Waals surface area contributed by atoms with E-state index >= 15 is 0 Å². The molecule has 0 fully saturated rings. The average molecular weight is 251 g/mol. The summed E-state index contributed by atoms with van der Waals surface area (Å²) in [6.45, 7) is 8.05. The molecule has 0 saturated heterocycles. The monoisotopic (exact) mass is 251 g/mol. The van der Waals surface area contributed by atoms with Gasteiger partial charge >= 0.3 is 0 Å². The van der Waals surface area contributed by atoms with Crippen LogP contribution in [0.5, 0.6) is 0 Å². The van der Waals surface area contributed by atoms with Gasteiger partial charge in [-0.15, -0.1) is 11.3 Å². The van der Waals surface area contributed by atoms with Gasteiger partial charge in [-0.2, -0.15) is 0 Å². The van der Waals surface area contributed by atoms with E-state index in [2.05, 4.69) is 22.4 Å². The third-order valence-electron chi connectivity index (χ3n) is 2.91. The highest BCUT2D eigenvalue weighted by Gasteiger charge is 2.19. The Hall–Kier alpha value is -1.20. The highest BCUT2D eigenvalue weighted by Crippen LogP contribution is 2.34. The van der Waals surface area contributed by atoms with Crippen LogP contribution in [0.1, 0.15) is 35.0 Å². The van der Waals surface area contributed by atoms with E-state index < -0.39 is 0 Å². The first-order valence-corrected chi connectivity index (χ1v) is 6.44. The lowest BCUT2D eigenvalue weighted by Crippen LogP contribution is -2.11. The van der Waals surface area contributed by atoms with Crippen molar-refractivity contribution in [3.63, 3.8) is 0 Å². The molecular weight excluding hydrogens is 234 g/mol. The maximum Gasteiger partial charge on any atom is 0.144 e. The average Bonchev–Trinajstić information content (AvgIpc) is 2.81. The van der Waals surface area contributed by atoms with Gasteiger partial charge in [-0.1, -0.05) is 5.16 Å². The van der Waals surface area contributed by atoms with Gasteiger partial charge in [-0.25, -0.2) is 4.98 Å². The molecule has 1 unspecified atom stereocenters. The number of rotatable bonds is 3. The molecule has 2 aromatic heterocycles. The summed E-state index contributed by atoms with van der Waals surface area (Å²) in [5, 5.41) is 8.21. The second-order valence-corrected chi connectivity index (χ2v) is 5.21. The Labute approximate surface area is 105 Å². The quantitative estimate of drug-likeness (QED) is 0.911. The molecule has 0 saturated carbocycles. The van der Waals surface area contributed by atoms with E-state index in [-0.39, 0.29) is 0 Å². The lowest BCUT2D eigenvalue weighted by atomic mass is 10.2. The molecule has 17 heavy (non-hydrogen) atoms. The van der Waals surface area contributed by atoms with Crippen LogP contribution in [0.3, 0.4) is 0 Å². The van der Waals surface area contributed by atoms with Crippen LogP contribution in [0.25, 0.3) is 10.6 Å². The summed E-state index contributed by atoms with van der Waals surface area (Å²) in [5.41, 5.74) is 3.01. The van der Waals surface area contributed by atoms with Gasteiger partial charge in [0.25, 0.3) is 0 Å². The zero-order chi connectivity index (χ0) is 12.6. The van der Waals surface area contributed by atoms with E-state index in [4.69, 9.17) is 4.52 Å². The molecule has 0 aliphatic heterocycles. The van der Waals surface area contributed by atoms with Gasteiger partial charge in [0, 0.05) is 10.9 Å². The summed E-state index contributed by atoms with van der Waals surface area (Å²) < 4.78 is 5.19. The zero-order valence-electron chi connectivity index (χ0n) is 10.8. The molecule has 0 radical (unpaired) electrons. The minimum Gasteiger partial charge on any atom is -0.361 e. The first-order chi connectivity index (χ1) is 8.04. The third kappa shape index (κ3) is 2.12. The molecule has 0 aromatic carbocycles. The fourth-order valence-electron chi connectivity index (χ4n) is 1.84. The Bertz CT molecular complexity index is 510. The van der Waals surface area contributed by atoms with E-state index in [1.165, 1.54) is 4.88 Å². The van der Waals surface area contributed by atoms with Crippen LogP contribution in [0.2, 0.25) is 0 Å². The van der Waals surface area contributed by atoms with Gasteiger partial charge in [0.05, 0.1) is 17.0 Å². The number of thiazole rings is 1. The number of hydrogen-bond acceptors (Lipinski definition) is 5. The molecule has 0 bridgehead atoms. The largest absolute Gasteiger partial charge is 0.361 e. The lowest BCUT2D eigenvalue weighted by molar-refractivity contribution is 0.393. The zero-order valence-corrected chi connectivity index (χ0v) is 11.6. The minimum atomic E-state index is 0.321. The second kappa shape index (κ2) is 4.58. The number of aromatic nitrogens is 2. The lowest BCUT2D eigenvalue weighted by Gasteiger charge is -2.06. The molecule has 2 rings (SSSR count). The number of nitrogens with one attached hydrogen (secondary N) is 1. The Morgan fingerprint density at radius 1 is 1.24 bits per heavy atom. The molecule has 1 atom stereocenters. The molecule has 2 heterocycles. The van der Waals surface area contributed by atoms with Gasteiger partial charge in [0.2, 0.25) is 0 Å². The van der Waals surface area contributed by atoms with E-state index in [0.717, 1.165) is 27.7 Å². The van der Waals surface area contributed by atoms with Crippen molar-refractivity contribution in [2.45, 2.75) is 33.7 Å². The molecule has 0 amide bonds. The van der Waals surface area contributed by atoms with Crippen LogP contribution in [0.4, 0.5) is 0 Å². The molecular formula is C12H17N3OS. The summed E-state index contributed by atoms with van der Waals surface area (Å²) in [6, 6.07) is 0.321. The SMILES string of the molecule is CNC(C)c1sc(-c2c(C)noc2C)nc1C. The van der Waals surface area contributed by atoms with E-state index in [1.807, 2.05) is 27.8 Å². The standard InChI is InChI=1S/C12H17N3OS/c1-6-10(9(4)16-15-6)12-14-8(3)11(17-12)7(2)13-5/h7,13H,1-5H3. The van der Waals surface area contributed by atoms with Crippen molar-refractivity contribution in [2.24, 2.45) is 0 Å². The van der Waals surface area contributed by atoms with Gasteiger partial charge in [-0.3, -0.25) is 0 Å². The van der Waals surface area contributed by atoms with Crippen molar-refractivity contribution < 1.29 is 4.52 Å². The van der Waals surface area contributed by atoms with Crippen LogP contribution < -0.4 is 5.32 Å². The van der Waals surface area contributed by atoms with Crippen LogP contribution in [0, 0.1) is 20.8 Å². The Morgan fingerprint density at radius 2 is 1.94 bits per heavy atom. The summed E-state index contributed by atoms with van der Waals surface area (Å²) in [7, 11) is 1.96. The number of nitrogens with zero attached hydrogens (tertiary/aromatic N) is 2. The van der Waals surface area contributed by atoms with E-state index in [0.29, 0.717) is 6.04 Å². The smallest absolute Gasteiger partial charge is 0.144 e. The van der Waals surface area contributed by atoms with Crippen LogP contribution in [-0.2, 0) is 0 Å². The Kier molecular flexibility index (Phi) is 3.31. The summed E-state index contributed by atoms with van der Waals surface area (Å²) in [5.74, 6) is 0.833. The molecule has 0 aliphatic rings. The number of hydrogen-bond donors (Lipinski definition) is 1. The third-order valence-corrected chi connectivity index (χ3v) is 4.26. The maximum absolute atomic E-state index is 5.19. The first-order valence-electron chi connectivity index (χ1n) is 5.62. The topological polar surface area (TPSA) is 51.0 Å². The predicted molar refractivity (Wildman–Crippen MR) is 69.3 cm³/mol. The van der Waals surface area contributed by atoms with Gasteiger partial charge in [-0.05, 0) is 34.7 Å². The van der Waals surface area contributed by atoms with Crippen LogP contribution in [-0.4, -0.2) is 17.2 Å². The Morgan fingerprint density at radius 3 is 2.47 bits per heavy atom. The van der Waals surface area contributed by atoms with Crippen LogP contribution in [0.15, 0.2) is 4.52 Å². The van der Waals surface area contributed by atoms with Crippen molar-refractivity contribution in [3.05, 3.63) is 22.0 Å².